The minimum Gasteiger partial charge on any atom is -0.456 e. The molecule has 1 rings (SSSR count). The fourth-order valence-corrected chi connectivity index (χ4v) is 1.62. The van der Waals surface area contributed by atoms with Gasteiger partial charge in [0, 0.05) is 3.57 Å². The first-order valence-electron chi connectivity index (χ1n) is 4.70. The largest absolute Gasteiger partial charge is 0.456 e. The maximum atomic E-state index is 11.8. The predicted molar refractivity (Wildman–Crippen MR) is 69.8 cm³/mol. The first kappa shape index (κ1) is 13.1. The van der Waals surface area contributed by atoms with Crippen molar-refractivity contribution in [2.24, 2.45) is 5.18 Å². The highest BCUT2D eigenvalue weighted by molar-refractivity contribution is 14.1. The highest BCUT2D eigenvalue weighted by atomic mass is 127. The molecule has 0 spiro atoms. The standard InChI is InChI=1S/C11H12INO3/c1-11(2,3)16-10(14)8-6-7(13-15)4-5-9(8)12/h4-6H,1-3H3. The van der Waals surface area contributed by atoms with Crippen molar-refractivity contribution in [1.29, 1.82) is 0 Å². The minimum absolute atomic E-state index is 0.223. The molecule has 0 aromatic heterocycles. The van der Waals surface area contributed by atoms with Gasteiger partial charge in [0.15, 0.2) is 0 Å². The lowest BCUT2D eigenvalue weighted by Gasteiger charge is -2.19. The van der Waals surface area contributed by atoms with Gasteiger partial charge in [-0.2, -0.15) is 0 Å². The van der Waals surface area contributed by atoms with Crippen LogP contribution in [0.25, 0.3) is 0 Å². The van der Waals surface area contributed by atoms with Gasteiger partial charge in [-0.25, -0.2) is 4.79 Å². The summed E-state index contributed by atoms with van der Waals surface area (Å²) in [5.41, 5.74) is 0.0408. The normalized spacial score (nSPS) is 11.0. The number of ether oxygens (including phenoxy) is 1. The highest BCUT2D eigenvalue weighted by Gasteiger charge is 2.20. The van der Waals surface area contributed by atoms with E-state index in [0.717, 1.165) is 3.57 Å². The molecule has 0 aliphatic rings. The molecule has 0 aliphatic carbocycles. The molecule has 1 aromatic rings. The first-order chi connectivity index (χ1) is 7.33. The second-order valence-corrected chi connectivity index (χ2v) is 5.42. The third-order valence-electron chi connectivity index (χ3n) is 1.67. The van der Waals surface area contributed by atoms with Crippen LogP contribution in [0.5, 0.6) is 0 Å². The summed E-state index contributed by atoms with van der Waals surface area (Å²) < 4.78 is 5.95. The number of benzene rings is 1. The Kier molecular flexibility index (Phi) is 4.01. The zero-order valence-corrected chi connectivity index (χ0v) is 11.4. The molecule has 0 radical (unpaired) electrons. The molecule has 0 unspecified atom stereocenters. The van der Waals surface area contributed by atoms with Crippen LogP contribution in [-0.2, 0) is 4.74 Å². The molecule has 1 aromatic carbocycles. The first-order valence-corrected chi connectivity index (χ1v) is 5.77. The van der Waals surface area contributed by atoms with Crippen molar-refractivity contribution in [2.45, 2.75) is 26.4 Å². The number of halogens is 1. The lowest BCUT2D eigenvalue weighted by atomic mass is 10.1. The Hall–Kier alpha value is -0.980. The maximum absolute atomic E-state index is 11.8. The summed E-state index contributed by atoms with van der Waals surface area (Å²) in [7, 11) is 0. The van der Waals surface area contributed by atoms with Crippen LogP contribution in [0.4, 0.5) is 5.69 Å². The van der Waals surface area contributed by atoms with E-state index >= 15 is 0 Å². The molecule has 5 heteroatoms. The van der Waals surface area contributed by atoms with Crippen molar-refractivity contribution in [3.8, 4) is 0 Å². The van der Waals surface area contributed by atoms with Gasteiger partial charge in [-0.3, -0.25) is 0 Å². The molecule has 0 saturated carbocycles. The highest BCUT2D eigenvalue weighted by Crippen LogP contribution is 2.22. The SMILES string of the molecule is CC(C)(C)OC(=O)c1cc(N=O)ccc1I. The quantitative estimate of drug-likeness (QED) is 0.472. The van der Waals surface area contributed by atoms with E-state index in [0.29, 0.717) is 5.56 Å². The molecule has 0 N–H and O–H groups in total. The van der Waals surface area contributed by atoms with E-state index in [1.165, 1.54) is 6.07 Å². The van der Waals surface area contributed by atoms with E-state index in [9.17, 15) is 9.70 Å². The third-order valence-corrected chi connectivity index (χ3v) is 2.61. The molecule has 16 heavy (non-hydrogen) atoms. The number of carbonyl (C=O) groups is 1. The van der Waals surface area contributed by atoms with Crippen LogP contribution in [0.15, 0.2) is 23.4 Å². The van der Waals surface area contributed by atoms with Gasteiger partial charge in [-0.05, 0) is 66.7 Å². The van der Waals surface area contributed by atoms with Crippen LogP contribution in [0, 0.1) is 8.48 Å². The molecule has 0 saturated heterocycles. The Labute approximate surface area is 107 Å². The van der Waals surface area contributed by atoms with Gasteiger partial charge < -0.3 is 4.74 Å². The Morgan fingerprint density at radius 3 is 2.50 bits per heavy atom. The number of rotatable bonds is 2. The summed E-state index contributed by atoms with van der Waals surface area (Å²) in [5.74, 6) is -0.442. The van der Waals surface area contributed by atoms with Gasteiger partial charge in [-0.15, -0.1) is 4.91 Å². The van der Waals surface area contributed by atoms with Crippen molar-refractivity contribution in [2.75, 3.05) is 0 Å². The van der Waals surface area contributed by atoms with Gasteiger partial charge in [0.2, 0.25) is 0 Å². The summed E-state index contributed by atoms with van der Waals surface area (Å²) >= 11 is 2.02. The molecule has 0 amide bonds. The van der Waals surface area contributed by atoms with Crippen molar-refractivity contribution in [1.82, 2.24) is 0 Å². The number of nitroso groups, excluding NO2 is 1. The Morgan fingerprint density at radius 2 is 2.00 bits per heavy atom. The molecule has 0 aliphatic heterocycles. The fourth-order valence-electron chi connectivity index (χ4n) is 1.06. The van der Waals surface area contributed by atoms with Crippen LogP contribution in [0.2, 0.25) is 0 Å². The van der Waals surface area contributed by atoms with Gasteiger partial charge in [0.05, 0.1) is 5.56 Å². The van der Waals surface area contributed by atoms with Crippen molar-refractivity contribution in [3.05, 3.63) is 32.2 Å². The second kappa shape index (κ2) is 4.90. The monoisotopic (exact) mass is 333 g/mol. The van der Waals surface area contributed by atoms with Crippen LogP contribution in [0.3, 0.4) is 0 Å². The van der Waals surface area contributed by atoms with Crippen molar-refractivity contribution >= 4 is 34.2 Å². The van der Waals surface area contributed by atoms with Crippen LogP contribution < -0.4 is 0 Å². The summed E-state index contributed by atoms with van der Waals surface area (Å²) in [5, 5.41) is 2.79. The molecule has 0 atom stereocenters. The van der Waals surface area contributed by atoms with Gasteiger partial charge in [0.25, 0.3) is 0 Å². The maximum Gasteiger partial charge on any atom is 0.339 e. The minimum atomic E-state index is -0.551. The van der Waals surface area contributed by atoms with Gasteiger partial charge >= 0.3 is 5.97 Å². The molecular formula is C11H12INO3. The average Bonchev–Trinajstić information content (AvgIpc) is 2.15. The van der Waals surface area contributed by atoms with E-state index in [1.807, 2.05) is 22.6 Å². The number of esters is 1. The van der Waals surface area contributed by atoms with E-state index in [4.69, 9.17) is 4.74 Å². The predicted octanol–water partition coefficient (Wildman–Crippen LogP) is 3.64. The van der Waals surface area contributed by atoms with E-state index < -0.39 is 11.6 Å². The number of carbonyl (C=O) groups excluding carboxylic acids is 1. The Morgan fingerprint density at radius 1 is 1.38 bits per heavy atom. The van der Waals surface area contributed by atoms with E-state index in [2.05, 4.69) is 5.18 Å². The van der Waals surface area contributed by atoms with Gasteiger partial charge in [-0.1, -0.05) is 0 Å². The molecule has 86 valence electrons. The summed E-state index contributed by atoms with van der Waals surface area (Å²) in [6.45, 7) is 5.37. The molecule has 0 bridgehead atoms. The lowest BCUT2D eigenvalue weighted by Crippen LogP contribution is -2.24. The molecular weight excluding hydrogens is 321 g/mol. The van der Waals surface area contributed by atoms with Crippen molar-refractivity contribution < 1.29 is 9.53 Å². The fraction of sp³-hybridized carbons (Fsp3) is 0.364. The lowest BCUT2D eigenvalue weighted by molar-refractivity contribution is 0.00684. The number of hydrogen-bond donors (Lipinski definition) is 0. The summed E-state index contributed by atoms with van der Waals surface area (Å²) in [4.78, 5) is 22.2. The molecule has 4 nitrogen and oxygen atoms in total. The Bertz CT molecular complexity index is 424. The van der Waals surface area contributed by atoms with Gasteiger partial charge in [0.1, 0.15) is 11.3 Å². The molecule has 0 fully saturated rings. The summed E-state index contributed by atoms with van der Waals surface area (Å²) in [6.07, 6.45) is 0. The van der Waals surface area contributed by atoms with Crippen LogP contribution in [-0.4, -0.2) is 11.6 Å². The number of nitrogens with zero attached hydrogens (tertiary/aromatic N) is 1. The Balaban J connectivity index is 3.03. The molecule has 0 heterocycles. The van der Waals surface area contributed by atoms with Crippen LogP contribution in [0.1, 0.15) is 31.1 Å². The average molecular weight is 333 g/mol. The zero-order chi connectivity index (χ0) is 12.3. The number of hydrogen-bond acceptors (Lipinski definition) is 4. The van der Waals surface area contributed by atoms with Crippen molar-refractivity contribution in [3.63, 3.8) is 0 Å². The second-order valence-electron chi connectivity index (χ2n) is 4.26. The third kappa shape index (κ3) is 3.55. The summed E-state index contributed by atoms with van der Waals surface area (Å²) in [6, 6.07) is 4.65. The van der Waals surface area contributed by atoms with E-state index in [1.54, 1.807) is 32.9 Å². The van der Waals surface area contributed by atoms with Crippen LogP contribution >= 0.6 is 22.6 Å². The zero-order valence-electron chi connectivity index (χ0n) is 9.28. The topological polar surface area (TPSA) is 55.7 Å². The smallest absolute Gasteiger partial charge is 0.339 e. The van der Waals surface area contributed by atoms with E-state index in [-0.39, 0.29) is 5.69 Å².